The normalized spacial score (nSPS) is 16.6. The lowest BCUT2D eigenvalue weighted by molar-refractivity contribution is 0.170. The summed E-state index contributed by atoms with van der Waals surface area (Å²) in [6.07, 6.45) is 1.09. The molecule has 0 saturated carbocycles. The summed E-state index contributed by atoms with van der Waals surface area (Å²) in [5.41, 5.74) is 1.34. The fraction of sp³-hybridized carbons (Fsp3) is 0.412. The van der Waals surface area contributed by atoms with Gasteiger partial charge in [0.25, 0.3) is 0 Å². The Balaban J connectivity index is 0.00000121. The Morgan fingerprint density at radius 1 is 1.05 bits per heavy atom. The fourth-order valence-electron chi connectivity index (χ4n) is 3.27. The second-order valence-electron chi connectivity index (χ2n) is 5.43. The molecule has 122 valence electrons. The van der Waals surface area contributed by atoms with E-state index < -0.39 is 0 Å². The highest BCUT2D eigenvalue weighted by molar-refractivity contribution is 5.91. The minimum atomic E-state index is 0. The molecule has 2 N–H and O–H groups in total. The van der Waals surface area contributed by atoms with Crippen LogP contribution in [0, 0.1) is 0 Å². The van der Waals surface area contributed by atoms with Crippen LogP contribution >= 0.6 is 24.8 Å². The van der Waals surface area contributed by atoms with Crippen molar-refractivity contribution in [2.75, 3.05) is 26.2 Å². The molecule has 0 spiro atoms. The zero-order valence-electron chi connectivity index (χ0n) is 12.8. The molecule has 3 rings (SSSR count). The quantitative estimate of drug-likeness (QED) is 0.891. The van der Waals surface area contributed by atoms with Crippen LogP contribution in [0.25, 0.3) is 10.8 Å². The summed E-state index contributed by atoms with van der Waals surface area (Å²) in [6, 6.07) is 12.5. The first-order valence-corrected chi connectivity index (χ1v) is 7.46. The lowest BCUT2D eigenvalue weighted by Crippen LogP contribution is -2.45. The lowest BCUT2D eigenvalue weighted by Gasteiger charge is -2.35. The standard InChI is InChI=1S/C17H22N2O.2ClH/c1-2-16(19-11-9-18-10-12-19)14-7-8-17(20)15-6-4-3-5-13(14)15;;/h3-8,16,18,20H,2,9-12H2,1H3;2*1H/t16-;;/m1../s1. The molecule has 1 aliphatic heterocycles. The van der Waals surface area contributed by atoms with Crippen molar-refractivity contribution in [2.24, 2.45) is 0 Å². The number of halogens is 2. The van der Waals surface area contributed by atoms with Crippen molar-refractivity contribution in [3.05, 3.63) is 42.0 Å². The van der Waals surface area contributed by atoms with Crippen molar-refractivity contribution in [3.63, 3.8) is 0 Å². The first kappa shape index (κ1) is 19.0. The number of nitrogens with one attached hydrogen (secondary N) is 1. The number of aromatic hydroxyl groups is 1. The summed E-state index contributed by atoms with van der Waals surface area (Å²) < 4.78 is 0. The van der Waals surface area contributed by atoms with E-state index in [1.54, 1.807) is 0 Å². The van der Waals surface area contributed by atoms with Gasteiger partial charge in [0.2, 0.25) is 0 Å². The summed E-state index contributed by atoms with van der Waals surface area (Å²) >= 11 is 0. The van der Waals surface area contributed by atoms with E-state index in [1.807, 2.05) is 18.2 Å². The maximum absolute atomic E-state index is 10.0. The van der Waals surface area contributed by atoms with Gasteiger partial charge in [-0.25, -0.2) is 0 Å². The molecule has 2 aromatic carbocycles. The third-order valence-electron chi connectivity index (χ3n) is 4.27. The van der Waals surface area contributed by atoms with Crippen LogP contribution in [-0.2, 0) is 0 Å². The topological polar surface area (TPSA) is 35.5 Å². The van der Waals surface area contributed by atoms with Crippen LogP contribution in [-0.4, -0.2) is 36.2 Å². The molecule has 0 bridgehead atoms. The van der Waals surface area contributed by atoms with Crippen molar-refractivity contribution in [3.8, 4) is 5.75 Å². The van der Waals surface area contributed by atoms with Gasteiger partial charge < -0.3 is 10.4 Å². The van der Waals surface area contributed by atoms with Crippen molar-refractivity contribution in [2.45, 2.75) is 19.4 Å². The maximum atomic E-state index is 10.0. The number of hydrogen-bond donors (Lipinski definition) is 2. The number of nitrogens with zero attached hydrogens (tertiary/aromatic N) is 1. The van der Waals surface area contributed by atoms with E-state index in [-0.39, 0.29) is 24.8 Å². The molecule has 0 radical (unpaired) electrons. The summed E-state index contributed by atoms with van der Waals surface area (Å²) in [5.74, 6) is 0.375. The number of rotatable bonds is 3. The lowest BCUT2D eigenvalue weighted by atomic mass is 9.95. The molecule has 1 atom stereocenters. The van der Waals surface area contributed by atoms with Gasteiger partial charge >= 0.3 is 0 Å². The number of phenols is 1. The number of piperazine rings is 1. The third kappa shape index (κ3) is 3.66. The molecular weight excluding hydrogens is 319 g/mol. The van der Waals surface area contributed by atoms with E-state index in [9.17, 15) is 5.11 Å². The van der Waals surface area contributed by atoms with Gasteiger partial charge in [-0.2, -0.15) is 0 Å². The smallest absolute Gasteiger partial charge is 0.123 e. The second-order valence-corrected chi connectivity index (χ2v) is 5.43. The second kappa shape index (κ2) is 8.59. The molecule has 5 heteroatoms. The summed E-state index contributed by atoms with van der Waals surface area (Å²) in [6.45, 7) is 6.55. The molecule has 22 heavy (non-hydrogen) atoms. The molecule has 0 amide bonds. The van der Waals surface area contributed by atoms with E-state index in [4.69, 9.17) is 0 Å². The molecule has 0 aromatic heterocycles. The van der Waals surface area contributed by atoms with Crippen LogP contribution in [0.5, 0.6) is 5.75 Å². The van der Waals surface area contributed by atoms with Crippen LogP contribution in [0.15, 0.2) is 36.4 Å². The Hall–Kier alpha value is -1.000. The minimum Gasteiger partial charge on any atom is -0.507 e. The zero-order chi connectivity index (χ0) is 13.9. The largest absolute Gasteiger partial charge is 0.507 e. The van der Waals surface area contributed by atoms with Crippen molar-refractivity contribution >= 4 is 35.6 Å². The van der Waals surface area contributed by atoms with Gasteiger partial charge in [-0.1, -0.05) is 37.3 Å². The zero-order valence-corrected chi connectivity index (χ0v) is 14.4. The highest BCUT2D eigenvalue weighted by atomic mass is 35.5. The van der Waals surface area contributed by atoms with Gasteiger partial charge in [-0.3, -0.25) is 4.90 Å². The SMILES string of the molecule is CC[C@H](c1ccc(O)c2ccccc12)N1CCNCC1.Cl.Cl. The monoisotopic (exact) mass is 342 g/mol. The number of benzene rings is 2. The number of phenolic OH excluding ortho intramolecular Hbond substituents is 1. The molecule has 2 aromatic rings. The first-order valence-electron chi connectivity index (χ1n) is 7.46. The van der Waals surface area contributed by atoms with Crippen LogP contribution in [0.3, 0.4) is 0 Å². The molecule has 3 nitrogen and oxygen atoms in total. The summed E-state index contributed by atoms with van der Waals surface area (Å²) in [5, 5.41) is 15.6. The van der Waals surface area contributed by atoms with Gasteiger partial charge in [0.05, 0.1) is 0 Å². The Kier molecular flexibility index (Phi) is 7.43. The molecule has 0 unspecified atom stereocenters. The fourth-order valence-corrected chi connectivity index (χ4v) is 3.27. The molecule has 1 fully saturated rings. The van der Waals surface area contributed by atoms with Gasteiger partial charge in [0.1, 0.15) is 5.75 Å². The predicted octanol–water partition coefficient (Wildman–Crippen LogP) is 3.75. The molecule has 0 aliphatic carbocycles. The van der Waals surface area contributed by atoms with Gasteiger partial charge in [-0.05, 0) is 23.4 Å². The highest BCUT2D eigenvalue weighted by Gasteiger charge is 2.22. The first-order chi connectivity index (χ1) is 9.81. The van der Waals surface area contributed by atoms with Crippen molar-refractivity contribution < 1.29 is 5.11 Å². The average molecular weight is 343 g/mol. The molecular formula is C17H24Cl2N2O. The Morgan fingerprint density at radius 2 is 1.68 bits per heavy atom. The van der Waals surface area contributed by atoms with Crippen LogP contribution in [0.4, 0.5) is 0 Å². The Bertz CT molecular complexity index is 600. The van der Waals surface area contributed by atoms with E-state index >= 15 is 0 Å². The highest BCUT2D eigenvalue weighted by Crippen LogP contribution is 2.34. The Labute approximate surface area is 144 Å². The number of fused-ring (bicyclic) bond motifs is 1. The van der Waals surface area contributed by atoms with E-state index in [0.29, 0.717) is 11.8 Å². The van der Waals surface area contributed by atoms with Gasteiger partial charge in [-0.15, -0.1) is 24.8 Å². The maximum Gasteiger partial charge on any atom is 0.123 e. The number of hydrogen-bond acceptors (Lipinski definition) is 3. The average Bonchev–Trinajstić information content (AvgIpc) is 2.52. The van der Waals surface area contributed by atoms with Gasteiger partial charge in [0.15, 0.2) is 0 Å². The Morgan fingerprint density at radius 3 is 2.32 bits per heavy atom. The van der Waals surface area contributed by atoms with Crippen LogP contribution in [0.2, 0.25) is 0 Å². The van der Waals surface area contributed by atoms with E-state index in [2.05, 4.69) is 35.3 Å². The van der Waals surface area contributed by atoms with E-state index in [1.165, 1.54) is 10.9 Å². The molecule has 1 aliphatic rings. The third-order valence-corrected chi connectivity index (χ3v) is 4.27. The minimum absolute atomic E-state index is 0. The van der Waals surface area contributed by atoms with Crippen LogP contribution in [0.1, 0.15) is 24.9 Å². The van der Waals surface area contributed by atoms with E-state index in [0.717, 1.165) is 38.0 Å². The molecule has 1 heterocycles. The van der Waals surface area contributed by atoms with Crippen molar-refractivity contribution in [1.82, 2.24) is 10.2 Å². The summed E-state index contributed by atoms with van der Waals surface area (Å²) in [4.78, 5) is 2.55. The predicted molar refractivity (Wildman–Crippen MR) is 97.6 cm³/mol. The van der Waals surface area contributed by atoms with Crippen molar-refractivity contribution in [1.29, 1.82) is 0 Å². The van der Waals surface area contributed by atoms with Crippen LogP contribution < -0.4 is 5.32 Å². The summed E-state index contributed by atoms with van der Waals surface area (Å²) in [7, 11) is 0. The molecule has 1 saturated heterocycles. The van der Waals surface area contributed by atoms with Gasteiger partial charge in [0, 0.05) is 37.6 Å².